The van der Waals surface area contributed by atoms with Crippen molar-refractivity contribution in [2.75, 3.05) is 11.9 Å². The maximum absolute atomic E-state index is 11.8. The molecule has 1 aliphatic rings. The third kappa shape index (κ3) is 4.70. The third-order valence-corrected chi connectivity index (χ3v) is 4.36. The molecule has 1 aromatic rings. The molecule has 0 aromatic heterocycles. The largest absolute Gasteiger partial charge is 0.493 e. The molecular weight excluding hydrogens is 364 g/mol. The zero-order valence-electron chi connectivity index (χ0n) is 13.1. The molecule has 1 aromatic carbocycles. The fraction of sp³-hybridized carbons (Fsp3) is 0.529. The van der Waals surface area contributed by atoms with Crippen LogP contribution in [0.4, 0.5) is 0 Å². The van der Waals surface area contributed by atoms with E-state index in [2.05, 4.69) is 15.9 Å². The highest BCUT2D eigenvalue weighted by Gasteiger charge is 2.27. The normalized spacial score (nSPS) is 16.3. The third-order valence-electron chi connectivity index (χ3n) is 3.80. The average molecular weight is 385 g/mol. The average Bonchev–Trinajstić information content (AvgIpc) is 2.53. The number of hydrogen-bond acceptors (Lipinski definition) is 4. The highest BCUT2D eigenvalue weighted by atomic mass is 79.9. The quantitative estimate of drug-likeness (QED) is 0.421. The van der Waals surface area contributed by atoms with Gasteiger partial charge in [0.1, 0.15) is 11.5 Å². The molecule has 1 aliphatic heterocycles. The van der Waals surface area contributed by atoms with Crippen LogP contribution in [0.15, 0.2) is 12.1 Å². The lowest BCUT2D eigenvalue weighted by Gasteiger charge is -2.24. The summed E-state index contributed by atoms with van der Waals surface area (Å²) in [7, 11) is 0. The van der Waals surface area contributed by atoms with Crippen LogP contribution >= 0.6 is 15.9 Å². The topological polar surface area (TPSA) is 72.8 Å². The molecular formula is C17H21BrO5. The molecule has 23 heavy (non-hydrogen) atoms. The Bertz CT molecular complexity index is 585. The summed E-state index contributed by atoms with van der Waals surface area (Å²) in [6, 6.07) is 3.43. The van der Waals surface area contributed by atoms with E-state index >= 15 is 0 Å². The Morgan fingerprint density at radius 3 is 2.78 bits per heavy atom. The Balaban J connectivity index is 2.14. The number of rotatable bonds is 8. The van der Waals surface area contributed by atoms with Crippen LogP contribution in [0.3, 0.4) is 0 Å². The number of fused-ring (bicyclic) bond motifs is 1. The second kappa shape index (κ2) is 8.34. The Morgan fingerprint density at radius 2 is 2.13 bits per heavy atom. The van der Waals surface area contributed by atoms with E-state index in [0.717, 1.165) is 30.2 Å². The van der Waals surface area contributed by atoms with Gasteiger partial charge in [0.2, 0.25) is 0 Å². The smallest absolute Gasteiger partial charge is 0.344 e. The SMILES string of the molecule is CC(=O)c1cc2c(cc1OCCCCCBr)OC(C(=O)O)CC2. The molecule has 0 bridgehead atoms. The minimum Gasteiger partial charge on any atom is -0.493 e. The zero-order valence-corrected chi connectivity index (χ0v) is 14.7. The maximum atomic E-state index is 11.8. The number of benzene rings is 1. The predicted molar refractivity (Wildman–Crippen MR) is 90.0 cm³/mol. The minimum atomic E-state index is -0.969. The van der Waals surface area contributed by atoms with Crippen molar-refractivity contribution in [3.8, 4) is 11.5 Å². The van der Waals surface area contributed by atoms with Crippen LogP contribution in [0.1, 0.15) is 48.5 Å². The van der Waals surface area contributed by atoms with Crippen LogP contribution in [0.25, 0.3) is 0 Å². The molecule has 0 amide bonds. The second-order valence-electron chi connectivity index (χ2n) is 5.59. The number of ether oxygens (including phenoxy) is 2. The van der Waals surface area contributed by atoms with E-state index in [-0.39, 0.29) is 5.78 Å². The molecule has 1 heterocycles. The van der Waals surface area contributed by atoms with Crippen molar-refractivity contribution in [2.45, 2.75) is 45.1 Å². The summed E-state index contributed by atoms with van der Waals surface area (Å²) in [6.07, 6.45) is 3.18. The minimum absolute atomic E-state index is 0.0661. The monoisotopic (exact) mass is 384 g/mol. The Kier molecular flexibility index (Phi) is 6.45. The summed E-state index contributed by atoms with van der Waals surface area (Å²) in [5.41, 5.74) is 1.39. The number of ketones is 1. The molecule has 1 unspecified atom stereocenters. The van der Waals surface area contributed by atoms with Crippen LogP contribution in [-0.2, 0) is 11.2 Å². The lowest BCUT2D eigenvalue weighted by atomic mass is 9.98. The molecule has 126 valence electrons. The molecule has 5 nitrogen and oxygen atoms in total. The highest BCUT2D eigenvalue weighted by Crippen LogP contribution is 2.34. The predicted octanol–water partition coefficient (Wildman–Crippen LogP) is 3.61. The fourth-order valence-corrected chi connectivity index (χ4v) is 2.93. The first kappa shape index (κ1) is 17.8. The summed E-state index contributed by atoms with van der Waals surface area (Å²) < 4.78 is 11.3. The first-order chi connectivity index (χ1) is 11.0. The fourth-order valence-electron chi connectivity index (χ4n) is 2.53. The number of aliphatic carboxylic acids is 1. The molecule has 0 spiro atoms. The van der Waals surface area contributed by atoms with Crippen molar-refractivity contribution < 1.29 is 24.2 Å². The van der Waals surface area contributed by atoms with Gasteiger partial charge < -0.3 is 14.6 Å². The van der Waals surface area contributed by atoms with Gasteiger partial charge in [-0.05, 0) is 50.7 Å². The number of unbranched alkanes of at least 4 members (excludes halogenated alkanes) is 2. The summed E-state index contributed by atoms with van der Waals surface area (Å²) in [6.45, 7) is 2.03. The number of halogens is 1. The van der Waals surface area contributed by atoms with Gasteiger partial charge in [0.25, 0.3) is 0 Å². The van der Waals surface area contributed by atoms with Gasteiger partial charge in [-0.1, -0.05) is 15.9 Å². The first-order valence-corrected chi connectivity index (χ1v) is 8.91. The highest BCUT2D eigenvalue weighted by molar-refractivity contribution is 9.09. The van der Waals surface area contributed by atoms with Gasteiger partial charge in [0.05, 0.1) is 12.2 Å². The van der Waals surface area contributed by atoms with Crippen LogP contribution in [-0.4, -0.2) is 34.9 Å². The van der Waals surface area contributed by atoms with E-state index in [1.807, 2.05) is 0 Å². The van der Waals surface area contributed by atoms with Crippen LogP contribution in [0.5, 0.6) is 11.5 Å². The molecule has 1 N–H and O–H groups in total. The van der Waals surface area contributed by atoms with Gasteiger partial charge in [-0.15, -0.1) is 0 Å². The summed E-state index contributed by atoms with van der Waals surface area (Å²) >= 11 is 3.39. The van der Waals surface area contributed by atoms with Crippen molar-refractivity contribution in [1.29, 1.82) is 0 Å². The van der Waals surface area contributed by atoms with Gasteiger partial charge in [0.15, 0.2) is 11.9 Å². The second-order valence-corrected chi connectivity index (χ2v) is 6.39. The maximum Gasteiger partial charge on any atom is 0.344 e. The summed E-state index contributed by atoms with van der Waals surface area (Å²) in [4.78, 5) is 22.9. The molecule has 0 aliphatic carbocycles. The van der Waals surface area contributed by atoms with E-state index in [0.29, 0.717) is 36.5 Å². The standard InChI is InChI=1S/C17H21BrO5/c1-11(19)13-9-12-5-6-14(17(20)21)23-15(12)10-16(13)22-8-4-2-3-7-18/h9-10,14H,2-8H2,1H3,(H,20,21). The Morgan fingerprint density at radius 1 is 1.35 bits per heavy atom. The van der Waals surface area contributed by atoms with Crippen molar-refractivity contribution in [1.82, 2.24) is 0 Å². The number of alkyl halides is 1. The van der Waals surface area contributed by atoms with E-state index < -0.39 is 12.1 Å². The van der Waals surface area contributed by atoms with Gasteiger partial charge in [-0.25, -0.2) is 4.79 Å². The number of Topliss-reactive ketones (excluding diaryl/α,β-unsaturated/α-hetero) is 1. The Labute approximate surface area is 144 Å². The van der Waals surface area contributed by atoms with Crippen molar-refractivity contribution in [2.24, 2.45) is 0 Å². The number of aryl methyl sites for hydroxylation is 1. The number of carboxylic acids is 1. The van der Waals surface area contributed by atoms with E-state index in [1.165, 1.54) is 6.92 Å². The zero-order chi connectivity index (χ0) is 16.8. The van der Waals surface area contributed by atoms with Gasteiger partial charge >= 0.3 is 5.97 Å². The van der Waals surface area contributed by atoms with Crippen molar-refractivity contribution >= 4 is 27.7 Å². The van der Waals surface area contributed by atoms with Crippen molar-refractivity contribution in [3.05, 3.63) is 23.3 Å². The number of carboxylic acid groups (broad SMARTS) is 1. The van der Waals surface area contributed by atoms with Gasteiger partial charge in [0, 0.05) is 11.4 Å². The molecule has 0 saturated heterocycles. The molecule has 0 fully saturated rings. The van der Waals surface area contributed by atoms with E-state index in [1.54, 1.807) is 12.1 Å². The van der Waals surface area contributed by atoms with Crippen LogP contribution < -0.4 is 9.47 Å². The van der Waals surface area contributed by atoms with E-state index in [9.17, 15) is 9.59 Å². The molecule has 1 atom stereocenters. The summed E-state index contributed by atoms with van der Waals surface area (Å²) in [5.74, 6) is -0.0580. The number of hydrogen-bond donors (Lipinski definition) is 1. The lowest BCUT2D eigenvalue weighted by Crippen LogP contribution is -2.31. The molecule has 2 rings (SSSR count). The lowest BCUT2D eigenvalue weighted by molar-refractivity contribution is -0.145. The van der Waals surface area contributed by atoms with Crippen LogP contribution in [0, 0.1) is 0 Å². The molecule has 0 saturated carbocycles. The number of carbonyl (C=O) groups excluding carboxylic acids is 1. The van der Waals surface area contributed by atoms with Crippen molar-refractivity contribution in [3.63, 3.8) is 0 Å². The Hall–Kier alpha value is -1.56. The molecule has 6 heteroatoms. The van der Waals surface area contributed by atoms with Gasteiger partial charge in [-0.3, -0.25) is 4.79 Å². The molecule has 0 radical (unpaired) electrons. The number of carbonyl (C=O) groups is 2. The van der Waals surface area contributed by atoms with Crippen LogP contribution in [0.2, 0.25) is 0 Å². The summed E-state index contributed by atoms with van der Waals surface area (Å²) in [5, 5.41) is 10.1. The van der Waals surface area contributed by atoms with Gasteiger partial charge in [-0.2, -0.15) is 0 Å². The van der Waals surface area contributed by atoms with E-state index in [4.69, 9.17) is 14.6 Å². The first-order valence-electron chi connectivity index (χ1n) is 7.79.